The average Bonchev–Trinajstić information content (AvgIpc) is 3.06. The number of aryl methyl sites for hydroxylation is 1. The van der Waals surface area contributed by atoms with E-state index in [9.17, 15) is 14.4 Å². The van der Waals surface area contributed by atoms with E-state index < -0.39 is 6.09 Å². The van der Waals surface area contributed by atoms with Gasteiger partial charge in [0.15, 0.2) is 6.61 Å². The van der Waals surface area contributed by atoms with Crippen molar-refractivity contribution in [3.05, 3.63) is 29.8 Å². The van der Waals surface area contributed by atoms with Gasteiger partial charge in [-0.3, -0.25) is 4.79 Å². The number of urea groups is 1. The summed E-state index contributed by atoms with van der Waals surface area (Å²) >= 11 is 0. The molecule has 116 valence electrons. The predicted octanol–water partition coefficient (Wildman–Crippen LogP) is 1.58. The van der Waals surface area contributed by atoms with Crippen LogP contribution in [0.15, 0.2) is 24.3 Å². The number of nitrogens with zero attached hydrogens (tertiary/aromatic N) is 2. The Hall–Kier alpha value is -2.57. The van der Waals surface area contributed by atoms with Gasteiger partial charge in [-0.1, -0.05) is 12.1 Å². The molecule has 2 aliphatic heterocycles. The molecule has 0 aromatic heterocycles. The van der Waals surface area contributed by atoms with Crippen molar-refractivity contribution in [1.82, 2.24) is 9.80 Å². The Morgan fingerprint density at radius 3 is 2.86 bits per heavy atom. The van der Waals surface area contributed by atoms with E-state index in [1.54, 1.807) is 4.90 Å². The van der Waals surface area contributed by atoms with Crippen LogP contribution in [0.5, 0.6) is 0 Å². The summed E-state index contributed by atoms with van der Waals surface area (Å²) in [6, 6.07) is 6.99. The van der Waals surface area contributed by atoms with E-state index in [1.807, 2.05) is 31.2 Å². The molecule has 2 aliphatic rings. The SMILES string of the molecule is Cc1cccc(NC(=O)N2CCC(N3C(=O)COC3=O)C2)c1. The number of hydrogen-bond acceptors (Lipinski definition) is 4. The van der Waals surface area contributed by atoms with Crippen molar-refractivity contribution in [1.29, 1.82) is 0 Å². The quantitative estimate of drug-likeness (QED) is 0.899. The monoisotopic (exact) mass is 303 g/mol. The zero-order valence-corrected chi connectivity index (χ0v) is 12.2. The number of rotatable bonds is 2. The first kappa shape index (κ1) is 14.4. The van der Waals surface area contributed by atoms with E-state index in [0.717, 1.165) is 16.2 Å². The third-order valence-corrected chi connectivity index (χ3v) is 3.87. The lowest BCUT2D eigenvalue weighted by Gasteiger charge is -2.20. The molecule has 0 bridgehead atoms. The highest BCUT2D eigenvalue weighted by Crippen LogP contribution is 2.21. The number of amides is 4. The summed E-state index contributed by atoms with van der Waals surface area (Å²) < 4.78 is 4.71. The number of benzene rings is 1. The Labute approximate surface area is 127 Å². The van der Waals surface area contributed by atoms with Crippen molar-refractivity contribution in [3.8, 4) is 0 Å². The fourth-order valence-corrected chi connectivity index (χ4v) is 2.78. The van der Waals surface area contributed by atoms with Crippen LogP contribution in [-0.2, 0) is 9.53 Å². The summed E-state index contributed by atoms with van der Waals surface area (Å²) in [7, 11) is 0. The third kappa shape index (κ3) is 2.74. The molecule has 1 aromatic carbocycles. The topological polar surface area (TPSA) is 79.0 Å². The Morgan fingerprint density at radius 1 is 1.36 bits per heavy atom. The van der Waals surface area contributed by atoms with Crippen LogP contribution in [0, 0.1) is 6.92 Å². The molecular formula is C15H17N3O4. The van der Waals surface area contributed by atoms with Gasteiger partial charge in [-0.15, -0.1) is 0 Å². The zero-order chi connectivity index (χ0) is 15.7. The highest BCUT2D eigenvalue weighted by atomic mass is 16.6. The second-order valence-corrected chi connectivity index (χ2v) is 5.51. The van der Waals surface area contributed by atoms with E-state index in [-0.39, 0.29) is 24.6 Å². The Morgan fingerprint density at radius 2 is 2.18 bits per heavy atom. The number of cyclic esters (lactones) is 1. The minimum absolute atomic E-state index is 0.204. The van der Waals surface area contributed by atoms with Gasteiger partial charge in [0.25, 0.3) is 5.91 Å². The van der Waals surface area contributed by atoms with Gasteiger partial charge in [0.05, 0.1) is 6.04 Å². The molecule has 2 heterocycles. The Bertz CT molecular complexity index is 615. The maximum Gasteiger partial charge on any atom is 0.417 e. The van der Waals surface area contributed by atoms with Gasteiger partial charge in [-0.2, -0.15) is 0 Å². The average molecular weight is 303 g/mol. The lowest BCUT2D eigenvalue weighted by molar-refractivity contribution is -0.127. The van der Waals surface area contributed by atoms with E-state index in [2.05, 4.69) is 5.32 Å². The number of hydrogen-bond donors (Lipinski definition) is 1. The smallest absolute Gasteiger partial charge is 0.417 e. The molecule has 22 heavy (non-hydrogen) atoms. The third-order valence-electron chi connectivity index (χ3n) is 3.87. The number of carbonyl (C=O) groups excluding carboxylic acids is 3. The predicted molar refractivity (Wildman–Crippen MR) is 78.4 cm³/mol. The van der Waals surface area contributed by atoms with E-state index in [0.29, 0.717) is 19.5 Å². The minimum atomic E-state index is -0.615. The van der Waals surface area contributed by atoms with Gasteiger partial charge in [0.2, 0.25) is 0 Å². The molecular weight excluding hydrogens is 286 g/mol. The molecule has 7 nitrogen and oxygen atoms in total. The van der Waals surface area contributed by atoms with Crippen LogP contribution in [0.3, 0.4) is 0 Å². The van der Waals surface area contributed by atoms with Crippen molar-refractivity contribution < 1.29 is 19.1 Å². The summed E-state index contributed by atoms with van der Waals surface area (Å²) in [5, 5.41) is 2.83. The van der Waals surface area contributed by atoms with Crippen LogP contribution < -0.4 is 5.32 Å². The molecule has 1 aromatic rings. The van der Waals surface area contributed by atoms with Crippen LogP contribution in [-0.4, -0.2) is 53.6 Å². The molecule has 0 radical (unpaired) electrons. The van der Waals surface area contributed by atoms with E-state index >= 15 is 0 Å². The fourth-order valence-electron chi connectivity index (χ4n) is 2.78. The molecule has 3 rings (SSSR count). The Balaban J connectivity index is 1.61. The molecule has 0 saturated carbocycles. The number of likely N-dealkylation sites (tertiary alicyclic amines) is 1. The summed E-state index contributed by atoms with van der Waals surface area (Å²) in [6.07, 6.45) is -0.0434. The van der Waals surface area contributed by atoms with Crippen LogP contribution in [0.25, 0.3) is 0 Å². The molecule has 1 N–H and O–H groups in total. The molecule has 7 heteroatoms. The van der Waals surface area contributed by atoms with Crippen molar-refractivity contribution in [3.63, 3.8) is 0 Å². The highest BCUT2D eigenvalue weighted by Gasteiger charge is 2.41. The van der Waals surface area contributed by atoms with Crippen molar-refractivity contribution >= 4 is 23.7 Å². The summed E-state index contributed by atoms with van der Waals surface area (Å²) in [5.41, 5.74) is 1.78. The van der Waals surface area contributed by atoms with Gasteiger partial charge in [-0.25, -0.2) is 14.5 Å². The number of imide groups is 1. The number of ether oxygens (including phenoxy) is 1. The highest BCUT2D eigenvalue weighted by molar-refractivity contribution is 5.98. The molecule has 4 amide bonds. The first-order chi connectivity index (χ1) is 10.5. The van der Waals surface area contributed by atoms with Gasteiger partial charge in [0.1, 0.15) is 0 Å². The maximum absolute atomic E-state index is 12.2. The number of anilines is 1. The van der Waals surface area contributed by atoms with E-state index in [4.69, 9.17) is 4.74 Å². The van der Waals surface area contributed by atoms with E-state index in [1.165, 1.54) is 0 Å². The first-order valence-electron chi connectivity index (χ1n) is 7.16. The van der Waals surface area contributed by atoms with Crippen LogP contribution in [0.4, 0.5) is 15.3 Å². The van der Waals surface area contributed by atoms with Crippen molar-refractivity contribution in [2.75, 3.05) is 25.0 Å². The molecule has 1 atom stereocenters. The number of carbonyl (C=O) groups is 3. The molecule has 1 unspecified atom stereocenters. The lowest BCUT2D eigenvalue weighted by Crippen LogP contribution is -2.42. The summed E-state index contributed by atoms with van der Waals surface area (Å²) in [5.74, 6) is -0.337. The fraction of sp³-hybridized carbons (Fsp3) is 0.400. The second-order valence-electron chi connectivity index (χ2n) is 5.51. The Kier molecular flexibility index (Phi) is 3.70. The number of nitrogens with one attached hydrogen (secondary N) is 1. The molecule has 0 aliphatic carbocycles. The van der Waals surface area contributed by atoms with Gasteiger partial charge < -0.3 is 15.0 Å². The molecule has 0 spiro atoms. The van der Waals surface area contributed by atoms with Gasteiger partial charge >= 0.3 is 12.1 Å². The molecule has 2 fully saturated rings. The second kappa shape index (κ2) is 5.67. The van der Waals surface area contributed by atoms with Crippen LogP contribution >= 0.6 is 0 Å². The molecule has 2 saturated heterocycles. The maximum atomic E-state index is 12.2. The van der Waals surface area contributed by atoms with Crippen molar-refractivity contribution in [2.45, 2.75) is 19.4 Å². The van der Waals surface area contributed by atoms with Gasteiger partial charge in [-0.05, 0) is 31.0 Å². The zero-order valence-electron chi connectivity index (χ0n) is 12.2. The normalized spacial score (nSPS) is 21.2. The first-order valence-corrected chi connectivity index (χ1v) is 7.16. The summed E-state index contributed by atoms with van der Waals surface area (Å²) in [4.78, 5) is 38.2. The largest absolute Gasteiger partial charge is 0.439 e. The van der Waals surface area contributed by atoms with Crippen molar-refractivity contribution in [2.24, 2.45) is 0 Å². The standard InChI is InChI=1S/C15H17N3O4/c1-10-3-2-4-11(7-10)16-14(20)17-6-5-12(8-17)18-13(19)9-22-15(18)21/h2-4,7,12H,5-6,8-9H2,1H3,(H,16,20). The van der Waals surface area contributed by atoms with Crippen LogP contribution in [0.2, 0.25) is 0 Å². The minimum Gasteiger partial charge on any atom is -0.439 e. The van der Waals surface area contributed by atoms with Gasteiger partial charge in [0, 0.05) is 18.8 Å². The van der Waals surface area contributed by atoms with Crippen LogP contribution in [0.1, 0.15) is 12.0 Å². The lowest BCUT2D eigenvalue weighted by atomic mass is 10.2. The summed E-state index contributed by atoms with van der Waals surface area (Å²) in [6.45, 7) is 2.58.